The molecular formula is C14H11BrF2N2S. The molecule has 0 unspecified atom stereocenters. The normalized spacial score (nSPS) is 10.3. The van der Waals surface area contributed by atoms with Gasteiger partial charge in [-0.25, -0.2) is 8.78 Å². The molecule has 2 aromatic rings. The zero-order chi connectivity index (χ0) is 14.7. The van der Waals surface area contributed by atoms with Crippen LogP contribution in [0.5, 0.6) is 0 Å². The lowest BCUT2D eigenvalue weighted by Gasteiger charge is -2.13. The first-order valence-electron chi connectivity index (χ1n) is 5.75. The molecule has 0 saturated carbocycles. The van der Waals surface area contributed by atoms with Crippen LogP contribution in [0.1, 0.15) is 11.1 Å². The fraction of sp³-hybridized carbons (Fsp3) is 0.0714. The van der Waals surface area contributed by atoms with Crippen LogP contribution in [0.15, 0.2) is 40.9 Å². The Morgan fingerprint density at radius 1 is 1.25 bits per heavy atom. The second-order valence-corrected chi connectivity index (χ2v) is 5.41. The van der Waals surface area contributed by atoms with E-state index in [1.807, 2.05) is 6.07 Å². The molecule has 0 aliphatic rings. The van der Waals surface area contributed by atoms with Gasteiger partial charge in [-0.15, -0.1) is 0 Å². The summed E-state index contributed by atoms with van der Waals surface area (Å²) in [6.07, 6.45) is 0. The Morgan fingerprint density at radius 2 is 2.00 bits per heavy atom. The second kappa shape index (κ2) is 6.28. The van der Waals surface area contributed by atoms with Gasteiger partial charge in [-0.3, -0.25) is 0 Å². The summed E-state index contributed by atoms with van der Waals surface area (Å²) in [5, 5.41) is 3.02. The molecule has 0 amide bonds. The van der Waals surface area contributed by atoms with Gasteiger partial charge in [0.1, 0.15) is 16.6 Å². The highest BCUT2D eigenvalue weighted by Crippen LogP contribution is 2.25. The molecule has 0 aliphatic heterocycles. The van der Waals surface area contributed by atoms with Crippen LogP contribution in [0.3, 0.4) is 0 Å². The second-order valence-electron chi connectivity index (χ2n) is 4.12. The molecule has 0 bridgehead atoms. The zero-order valence-electron chi connectivity index (χ0n) is 10.3. The molecular weight excluding hydrogens is 346 g/mol. The first-order chi connectivity index (χ1) is 9.49. The van der Waals surface area contributed by atoms with Gasteiger partial charge in [-0.2, -0.15) is 0 Å². The Hall–Kier alpha value is -1.53. The summed E-state index contributed by atoms with van der Waals surface area (Å²) in [5.74, 6) is -0.946. The molecule has 0 saturated heterocycles. The van der Waals surface area contributed by atoms with Crippen molar-refractivity contribution < 1.29 is 8.78 Å². The highest BCUT2D eigenvalue weighted by Gasteiger charge is 2.10. The molecule has 0 heterocycles. The standard InChI is InChI=1S/C14H11BrF2N2S/c15-10-2-1-3-12(13(10)14(18)20)19-7-8-6-9(16)4-5-11(8)17/h1-6,19H,7H2,(H2,18,20). The van der Waals surface area contributed by atoms with Crippen LogP contribution in [0.4, 0.5) is 14.5 Å². The van der Waals surface area contributed by atoms with E-state index in [1.54, 1.807) is 12.1 Å². The number of anilines is 1. The SMILES string of the molecule is NC(=S)c1c(Br)cccc1NCc1cc(F)ccc1F. The Morgan fingerprint density at radius 3 is 2.70 bits per heavy atom. The maximum atomic E-state index is 13.5. The molecule has 6 heteroatoms. The lowest BCUT2D eigenvalue weighted by Crippen LogP contribution is -2.14. The minimum atomic E-state index is -0.480. The molecule has 0 spiro atoms. The number of hydrogen-bond donors (Lipinski definition) is 2. The Balaban J connectivity index is 2.25. The van der Waals surface area contributed by atoms with Crippen molar-refractivity contribution in [3.05, 3.63) is 63.6 Å². The van der Waals surface area contributed by atoms with Crippen molar-refractivity contribution in [1.82, 2.24) is 0 Å². The van der Waals surface area contributed by atoms with Crippen molar-refractivity contribution in [2.75, 3.05) is 5.32 Å². The van der Waals surface area contributed by atoms with E-state index in [0.717, 1.165) is 22.7 Å². The summed E-state index contributed by atoms with van der Waals surface area (Å²) in [6.45, 7) is 0.135. The van der Waals surface area contributed by atoms with E-state index in [0.29, 0.717) is 11.3 Å². The highest BCUT2D eigenvalue weighted by atomic mass is 79.9. The average molecular weight is 357 g/mol. The summed E-state index contributed by atoms with van der Waals surface area (Å²) >= 11 is 8.35. The molecule has 104 valence electrons. The maximum absolute atomic E-state index is 13.5. The minimum absolute atomic E-state index is 0.135. The van der Waals surface area contributed by atoms with Gasteiger partial charge in [0.15, 0.2) is 0 Å². The number of hydrogen-bond acceptors (Lipinski definition) is 2. The van der Waals surface area contributed by atoms with Crippen LogP contribution >= 0.6 is 28.1 Å². The van der Waals surface area contributed by atoms with Crippen molar-refractivity contribution in [3.8, 4) is 0 Å². The average Bonchev–Trinajstić information content (AvgIpc) is 2.39. The van der Waals surface area contributed by atoms with Gasteiger partial charge in [0.05, 0.1) is 0 Å². The molecule has 0 atom stereocenters. The number of nitrogens with two attached hydrogens (primary N) is 1. The summed E-state index contributed by atoms with van der Waals surface area (Å²) in [4.78, 5) is 0.222. The number of rotatable bonds is 4. The van der Waals surface area contributed by atoms with Crippen molar-refractivity contribution in [2.45, 2.75) is 6.54 Å². The lowest BCUT2D eigenvalue weighted by molar-refractivity contribution is 0.587. The van der Waals surface area contributed by atoms with Gasteiger partial charge in [-0.1, -0.05) is 18.3 Å². The van der Waals surface area contributed by atoms with Gasteiger partial charge >= 0.3 is 0 Å². The van der Waals surface area contributed by atoms with E-state index in [4.69, 9.17) is 18.0 Å². The molecule has 0 aliphatic carbocycles. The van der Waals surface area contributed by atoms with Crippen molar-refractivity contribution in [1.29, 1.82) is 0 Å². The van der Waals surface area contributed by atoms with Crippen molar-refractivity contribution in [2.24, 2.45) is 5.73 Å². The van der Waals surface area contributed by atoms with Crippen LogP contribution in [-0.4, -0.2) is 4.99 Å². The first-order valence-corrected chi connectivity index (χ1v) is 6.95. The summed E-state index contributed by atoms with van der Waals surface area (Å²) in [7, 11) is 0. The van der Waals surface area contributed by atoms with Crippen LogP contribution < -0.4 is 11.1 Å². The van der Waals surface area contributed by atoms with E-state index < -0.39 is 11.6 Å². The molecule has 0 fully saturated rings. The zero-order valence-corrected chi connectivity index (χ0v) is 12.7. The van der Waals surface area contributed by atoms with Gasteiger partial charge in [0.25, 0.3) is 0 Å². The Labute approximate surface area is 129 Å². The topological polar surface area (TPSA) is 38.0 Å². The molecule has 20 heavy (non-hydrogen) atoms. The van der Waals surface area contributed by atoms with Gasteiger partial charge in [-0.05, 0) is 46.3 Å². The highest BCUT2D eigenvalue weighted by molar-refractivity contribution is 9.10. The van der Waals surface area contributed by atoms with E-state index >= 15 is 0 Å². The quantitative estimate of drug-likeness (QED) is 0.814. The number of nitrogens with one attached hydrogen (secondary N) is 1. The minimum Gasteiger partial charge on any atom is -0.389 e. The predicted molar refractivity (Wildman–Crippen MR) is 83.7 cm³/mol. The summed E-state index contributed by atoms with van der Waals surface area (Å²) in [6, 6.07) is 8.72. The summed E-state index contributed by atoms with van der Waals surface area (Å²) in [5.41, 5.74) is 7.20. The van der Waals surface area contributed by atoms with Gasteiger partial charge in [0, 0.05) is 27.8 Å². The molecule has 0 radical (unpaired) electrons. The molecule has 2 nitrogen and oxygen atoms in total. The van der Waals surface area contributed by atoms with E-state index in [1.165, 1.54) is 0 Å². The molecule has 2 aromatic carbocycles. The molecule has 2 rings (SSSR count). The third-order valence-electron chi connectivity index (χ3n) is 2.74. The maximum Gasteiger partial charge on any atom is 0.128 e. The number of thiocarbonyl (C=S) groups is 1. The van der Waals surface area contributed by atoms with Gasteiger partial charge in [0.2, 0.25) is 0 Å². The van der Waals surface area contributed by atoms with Crippen molar-refractivity contribution in [3.63, 3.8) is 0 Å². The molecule has 0 aromatic heterocycles. The van der Waals surface area contributed by atoms with E-state index in [-0.39, 0.29) is 17.1 Å². The van der Waals surface area contributed by atoms with Gasteiger partial charge < -0.3 is 11.1 Å². The largest absolute Gasteiger partial charge is 0.389 e. The Kier molecular flexibility index (Phi) is 4.67. The number of halogens is 3. The van der Waals surface area contributed by atoms with Crippen molar-refractivity contribution >= 4 is 38.8 Å². The number of benzene rings is 2. The fourth-order valence-electron chi connectivity index (χ4n) is 1.79. The monoisotopic (exact) mass is 356 g/mol. The smallest absolute Gasteiger partial charge is 0.128 e. The Bertz CT molecular complexity index is 662. The van der Waals surface area contributed by atoms with E-state index in [2.05, 4.69) is 21.2 Å². The summed E-state index contributed by atoms with van der Waals surface area (Å²) < 4.78 is 27.4. The first kappa shape index (κ1) is 14.9. The van der Waals surface area contributed by atoms with Crippen LogP contribution in [0, 0.1) is 11.6 Å². The third kappa shape index (κ3) is 3.32. The van der Waals surface area contributed by atoms with Crippen LogP contribution in [0.2, 0.25) is 0 Å². The van der Waals surface area contributed by atoms with Crippen LogP contribution in [-0.2, 0) is 6.54 Å². The van der Waals surface area contributed by atoms with E-state index in [9.17, 15) is 8.78 Å². The third-order valence-corrected chi connectivity index (χ3v) is 3.60. The molecule has 3 N–H and O–H groups in total. The fourth-order valence-corrected chi connectivity index (χ4v) is 2.72. The predicted octanol–water partition coefficient (Wildman–Crippen LogP) is 3.97. The van der Waals surface area contributed by atoms with Crippen LogP contribution in [0.25, 0.3) is 0 Å². The lowest BCUT2D eigenvalue weighted by atomic mass is 10.1.